The Morgan fingerprint density at radius 3 is 2.56 bits per heavy atom. The molecule has 1 aliphatic heterocycles. The summed E-state index contributed by atoms with van der Waals surface area (Å²) in [5, 5.41) is 2.87. The first-order chi connectivity index (χ1) is 13.0. The minimum Gasteiger partial charge on any atom is -0.465 e. The number of nitrogens with one attached hydrogen (secondary N) is 1. The van der Waals surface area contributed by atoms with Gasteiger partial charge in [0.15, 0.2) is 5.76 Å². The summed E-state index contributed by atoms with van der Waals surface area (Å²) in [4.78, 5) is 24.3. The van der Waals surface area contributed by atoms with Crippen LogP contribution in [0.15, 0.2) is 28.7 Å². The van der Waals surface area contributed by atoms with Gasteiger partial charge < -0.3 is 14.5 Å². The summed E-state index contributed by atoms with van der Waals surface area (Å²) in [6, 6.07) is 6.63. The van der Waals surface area contributed by atoms with E-state index in [0.29, 0.717) is 17.0 Å². The molecule has 4 rings (SSSR count). The Bertz CT molecular complexity index is 882. The first-order valence-electron chi connectivity index (χ1n) is 8.94. The van der Waals surface area contributed by atoms with Crippen molar-refractivity contribution in [3.63, 3.8) is 0 Å². The second-order valence-corrected chi connectivity index (χ2v) is 9.73. The molecule has 0 unspecified atom stereocenters. The van der Waals surface area contributed by atoms with Crippen LogP contribution in [-0.2, 0) is 15.2 Å². The molecule has 0 radical (unpaired) electrons. The third kappa shape index (κ3) is 3.27. The molecule has 1 N–H and O–H groups in total. The Kier molecular flexibility index (Phi) is 4.99. The number of benzene rings is 1. The van der Waals surface area contributed by atoms with Crippen molar-refractivity contribution in [2.75, 3.05) is 23.9 Å². The average Bonchev–Trinajstić information content (AvgIpc) is 3.27. The lowest BCUT2D eigenvalue weighted by Crippen LogP contribution is -2.21. The number of fused-ring (bicyclic) bond motifs is 2. The lowest BCUT2D eigenvalue weighted by Gasteiger charge is -2.31. The molecule has 1 aromatic carbocycles. The van der Waals surface area contributed by atoms with Crippen LogP contribution >= 0.6 is 23.5 Å². The van der Waals surface area contributed by atoms with E-state index in [1.54, 1.807) is 24.3 Å². The fraction of sp³-hybridized carbons (Fsp3) is 0.400. The van der Waals surface area contributed by atoms with Gasteiger partial charge in [-0.05, 0) is 44.0 Å². The van der Waals surface area contributed by atoms with Gasteiger partial charge in [0.05, 0.1) is 16.8 Å². The molecular formula is C20H21NO4S2. The summed E-state index contributed by atoms with van der Waals surface area (Å²) in [5.41, 5.74) is 3.24. The number of thioether (sulfide) groups is 2. The SMILES string of the molecule is COC(=O)c1ccc(NC(=O)c2oc3c(c2C)C2(CCC3)SCCS2)cc1. The molecular weight excluding hydrogens is 382 g/mol. The van der Waals surface area contributed by atoms with Crippen LogP contribution < -0.4 is 5.32 Å². The van der Waals surface area contributed by atoms with E-state index in [1.807, 2.05) is 30.4 Å². The second-order valence-electron chi connectivity index (χ2n) is 6.68. The largest absolute Gasteiger partial charge is 0.465 e. The summed E-state index contributed by atoms with van der Waals surface area (Å²) >= 11 is 3.97. The topological polar surface area (TPSA) is 68.5 Å². The summed E-state index contributed by atoms with van der Waals surface area (Å²) in [6.45, 7) is 1.99. The highest BCUT2D eigenvalue weighted by Gasteiger charge is 2.45. The van der Waals surface area contributed by atoms with E-state index in [1.165, 1.54) is 12.7 Å². The molecule has 27 heavy (non-hydrogen) atoms. The van der Waals surface area contributed by atoms with Crippen LogP contribution in [0.1, 0.15) is 50.6 Å². The van der Waals surface area contributed by atoms with Crippen LogP contribution in [0.5, 0.6) is 0 Å². The van der Waals surface area contributed by atoms with Crippen molar-refractivity contribution in [1.82, 2.24) is 0 Å². The number of carbonyl (C=O) groups is 2. The molecule has 1 aromatic heterocycles. The fourth-order valence-electron chi connectivity index (χ4n) is 3.81. The number of hydrogen-bond donors (Lipinski definition) is 1. The summed E-state index contributed by atoms with van der Waals surface area (Å²) in [6.07, 6.45) is 3.11. The van der Waals surface area contributed by atoms with E-state index in [9.17, 15) is 9.59 Å². The Morgan fingerprint density at radius 2 is 1.89 bits per heavy atom. The highest BCUT2D eigenvalue weighted by Crippen LogP contribution is 2.59. The lowest BCUT2D eigenvalue weighted by molar-refractivity contribution is 0.0600. The predicted molar refractivity (Wildman–Crippen MR) is 109 cm³/mol. The van der Waals surface area contributed by atoms with E-state index in [0.717, 1.165) is 42.1 Å². The Hall–Kier alpha value is -1.86. The monoisotopic (exact) mass is 403 g/mol. The molecule has 2 aromatic rings. The zero-order valence-corrected chi connectivity index (χ0v) is 16.9. The normalized spacial score (nSPS) is 17.6. The van der Waals surface area contributed by atoms with Crippen molar-refractivity contribution < 1.29 is 18.7 Å². The van der Waals surface area contributed by atoms with Gasteiger partial charge in [0.2, 0.25) is 0 Å². The number of anilines is 1. The maximum atomic E-state index is 12.8. The minimum atomic E-state index is -0.403. The predicted octanol–water partition coefficient (Wildman–Crippen LogP) is 4.60. The number of rotatable bonds is 3. The van der Waals surface area contributed by atoms with Crippen molar-refractivity contribution in [3.05, 3.63) is 52.5 Å². The average molecular weight is 404 g/mol. The molecule has 1 saturated heterocycles. The fourth-order valence-corrected chi connectivity index (χ4v) is 7.37. The van der Waals surface area contributed by atoms with Gasteiger partial charge in [0, 0.05) is 34.7 Å². The number of esters is 1. The number of hydrogen-bond acceptors (Lipinski definition) is 6. The van der Waals surface area contributed by atoms with Gasteiger partial charge in [-0.3, -0.25) is 4.79 Å². The van der Waals surface area contributed by atoms with E-state index in [2.05, 4.69) is 10.1 Å². The molecule has 1 amide bonds. The quantitative estimate of drug-likeness (QED) is 0.756. The highest BCUT2D eigenvalue weighted by molar-refractivity contribution is 8.20. The van der Waals surface area contributed by atoms with Crippen molar-refractivity contribution in [1.29, 1.82) is 0 Å². The van der Waals surface area contributed by atoms with Crippen LogP contribution in [0.25, 0.3) is 0 Å². The van der Waals surface area contributed by atoms with Gasteiger partial charge in [0.1, 0.15) is 5.76 Å². The molecule has 1 aliphatic carbocycles. The van der Waals surface area contributed by atoms with Crippen LogP contribution in [0.2, 0.25) is 0 Å². The Morgan fingerprint density at radius 1 is 1.19 bits per heavy atom. The number of aryl methyl sites for hydroxylation is 1. The zero-order chi connectivity index (χ0) is 19.0. The van der Waals surface area contributed by atoms with Crippen LogP contribution in [0, 0.1) is 6.92 Å². The van der Waals surface area contributed by atoms with Crippen molar-refractivity contribution in [2.24, 2.45) is 0 Å². The number of amides is 1. The van der Waals surface area contributed by atoms with Gasteiger partial charge in [-0.2, -0.15) is 0 Å². The Labute approximate surface area is 166 Å². The molecule has 0 saturated carbocycles. The van der Waals surface area contributed by atoms with Gasteiger partial charge in [-0.25, -0.2) is 4.79 Å². The standard InChI is InChI=1S/C20H21NO4S2/c1-12-16-15(4-3-9-20(16)26-10-11-27-20)25-17(12)18(22)21-14-7-5-13(6-8-14)19(23)24-2/h5-8H,3-4,9-11H2,1-2H3,(H,21,22). The van der Waals surface area contributed by atoms with E-state index in [4.69, 9.17) is 4.42 Å². The maximum Gasteiger partial charge on any atom is 0.337 e. The summed E-state index contributed by atoms with van der Waals surface area (Å²) in [5.74, 6) is 2.99. The number of ether oxygens (including phenoxy) is 1. The summed E-state index contributed by atoms with van der Waals surface area (Å²) in [7, 11) is 1.34. The second kappa shape index (κ2) is 7.28. The first kappa shape index (κ1) is 18.5. The molecule has 2 aliphatic rings. The number of methoxy groups -OCH3 is 1. The molecule has 2 heterocycles. The molecule has 0 atom stereocenters. The highest BCUT2D eigenvalue weighted by atomic mass is 32.2. The molecule has 1 spiro atoms. The van der Waals surface area contributed by atoms with Crippen molar-refractivity contribution in [2.45, 2.75) is 30.3 Å². The van der Waals surface area contributed by atoms with E-state index >= 15 is 0 Å². The van der Waals surface area contributed by atoms with Gasteiger partial charge >= 0.3 is 5.97 Å². The number of carbonyl (C=O) groups excluding carboxylic acids is 2. The zero-order valence-electron chi connectivity index (χ0n) is 15.3. The van der Waals surface area contributed by atoms with Crippen LogP contribution in [0.3, 0.4) is 0 Å². The van der Waals surface area contributed by atoms with Crippen molar-refractivity contribution in [3.8, 4) is 0 Å². The first-order valence-corrected chi connectivity index (χ1v) is 10.9. The van der Waals surface area contributed by atoms with E-state index in [-0.39, 0.29) is 9.99 Å². The smallest absolute Gasteiger partial charge is 0.337 e. The summed E-state index contributed by atoms with van der Waals surface area (Å²) < 4.78 is 10.8. The van der Waals surface area contributed by atoms with Gasteiger partial charge in [0.25, 0.3) is 5.91 Å². The molecule has 0 bridgehead atoms. The maximum absolute atomic E-state index is 12.8. The third-order valence-corrected chi connectivity index (χ3v) is 8.57. The Balaban J connectivity index is 1.58. The molecule has 5 nitrogen and oxygen atoms in total. The third-order valence-electron chi connectivity index (χ3n) is 5.03. The van der Waals surface area contributed by atoms with Gasteiger partial charge in [-0.15, -0.1) is 23.5 Å². The lowest BCUT2D eigenvalue weighted by atomic mass is 9.94. The van der Waals surface area contributed by atoms with Crippen LogP contribution in [-0.4, -0.2) is 30.5 Å². The van der Waals surface area contributed by atoms with E-state index < -0.39 is 5.97 Å². The molecule has 142 valence electrons. The van der Waals surface area contributed by atoms with Crippen molar-refractivity contribution >= 4 is 41.1 Å². The minimum absolute atomic E-state index is 0.0574. The molecule has 1 fully saturated rings. The van der Waals surface area contributed by atoms with Crippen LogP contribution in [0.4, 0.5) is 5.69 Å². The number of furan rings is 1. The molecule has 7 heteroatoms. The van der Waals surface area contributed by atoms with Gasteiger partial charge in [-0.1, -0.05) is 0 Å².